The predicted molar refractivity (Wildman–Crippen MR) is 216 cm³/mol. The van der Waals surface area contributed by atoms with E-state index < -0.39 is 0 Å². The first kappa shape index (κ1) is 29.2. The van der Waals surface area contributed by atoms with Gasteiger partial charge in [-0.05, 0) is 53.1 Å². The van der Waals surface area contributed by atoms with Crippen molar-refractivity contribution in [3.8, 4) is 22.6 Å². The smallest absolute Gasteiger partial charge is 0.157 e. The molecular weight excluding hydrogens is 621 g/mol. The predicted octanol–water partition coefficient (Wildman–Crippen LogP) is 12.3. The summed E-state index contributed by atoms with van der Waals surface area (Å²) in [5.74, 6) is 0.752. The molecule has 0 radical (unpaired) electrons. The Hall–Kier alpha value is -6.78. The topological polar surface area (TPSA) is 35.6 Å². The van der Waals surface area contributed by atoms with Gasteiger partial charge < -0.3 is 4.57 Å². The molecule has 0 unspecified atom stereocenters. The van der Waals surface area contributed by atoms with Gasteiger partial charge in [-0.2, -0.15) is 0 Å². The van der Waals surface area contributed by atoms with Crippen LogP contribution in [0.1, 0.15) is 18.2 Å². The first-order valence-corrected chi connectivity index (χ1v) is 17.3. The number of benzene rings is 7. The monoisotopic (exact) mass is 652 g/mol. The highest BCUT2D eigenvalue weighted by Crippen LogP contribution is 2.42. The third-order valence-electron chi connectivity index (χ3n) is 10.2. The summed E-state index contributed by atoms with van der Waals surface area (Å²) in [6.45, 7) is 6.40. The number of allylic oxidation sites excluding steroid dienone is 1. The van der Waals surface area contributed by atoms with E-state index in [1.165, 1.54) is 32.7 Å². The zero-order chi connectivity index (χ0) is 34.1. The molecule has 0 bridgehead atoms. The molecule has 0 fully saturated rings. The van der Waals surface area contributed by atoms with Crippen LogP contribution in [0.3, 0.4) is 0 Å². The Kier molecular flexibility index (Phi) is 6.52. The Bertz CT molecular complexity index is 3000. The molecule has 0 spiro atoms. The van der Waals surface area contributed by atoms with Gasteiger partial charge in [0.1, 0.15) is 0 Å². The highest BCUT2D eigenvalue weighted by Gasteiger charge is 2.24. The molecule has 7 aromatic carbocycles. The van der Waals surface area contributed by atoms with Crippen molar-refractivity contribution in [2.45, 2.75) is 6.92 Å². The summed E-state index contributed by atoms with van der Waals surface area (Å²) < 4.78 is 4.67. The minimum atomic E-state index is 0.752. The molecule has 10 aromatic rings. The van der Waals surface area contributed by atoms with Gasteiger partial charge in [0, 0.05) is 38.2 Å². The molecule has 0 amide bonds. The number of nitrogens with zero attached hydrogens (tertiary/aromatic N) is 4. The van der Waals surface area contributed by atoms with E-state index in [9.17, 15) is 0 Å². The molecule has 4 heteroatoms. The van der Waals surface area contributed by atoms with E-state index in [1.54, 1.807) is 0 Å². The average molecular weight is 653 g/mol. The highest BCUT2D eigenvalue weighted by atomic mass is 15.1. The van der Waals surface area contributed by atoms with E-state index in [0.717, 1.165) is 66.5 Å². The lowest BCUT2D eigenvalue weighted by molar-refractivity contribution is 1.03. The summed E-state index contributed by atoms with van der Waals surface area (Å²) in [6, 6.07) is 49.6. The van der Waals surface area contributed by atoms with E-state index >= 15 is 0 Å². The molecule has 10 rings (SSSR count). The second kappa shape index (κ2) is 11.4. The molecular formula is C47H32N4. The zero-order valence-corrected chi connectivity index (χ0v) is 28.1. The summed E-state index contributed by atoms with van der Waals surface area (Å²) in [4.78, 5) is 10.7. The van der Waals surface area contributed by atoms with Gasteiger partial charge in [-0.1, -0.05) is 140 Å². The Morgan fingerprint density at radius 3 is 1.82 bits per heavy atom. The zero-order valence-electron chi connectivity index (χ0n) is 28.1. The van der Waals surface area contributed by atoms with Crippen LogP contribution in [0.4, 0.5) is 0 Å². The van der Waals surface area contributed by atoms with Crippen LogP contribution in [0.25, 0.3) is 100 Å². The molecule has 3 heterocycles. The molecule has 0 saturated heterocycles. The normalized spacial score (nSPS) is 12.0. The lowest BCUT2D eigenvalue weighted by atomic mass is 10.00. The molecule has 0 aliphatic rings. The number of rotatable bonds is 5. The van der Waals surface area contributed by atoms with E-state index in [4.69, 9.17) is 9.97 Å². The van der Waals surface area contributed by atoms with E-state index in [2.05, 4.69) is 174 Å². The number of fused-ring (bicyclic) bond motifs is 11. The molecule has 0 N–H and O–H groups in total. The van der Waals surface area contributed by atoms with Gasteiger partial charge in [0.25, 0.3) is 0 Å². The largest absolute Gasteiger partial charge is 0.307 e. The molecule has 0 saturated carbocycles. The summed E-state index contributed by atoms with van der Waals surface area (Å²) in [5, 5.41) is 8.04. The molecule has 4 nitrogen and oxygen atoms in total. The second-order valence-electron chi connectivity index (χ2n) is 13.0. The van der Waals surface area contributed by atoms with Crippen molar-refractivity contribution in [1.82, 2.24) is 19.1 Å². The number of hydrogen-bond donors (Lipinski definition) is 0. The van der Waals surface area contributed by atoms with Crippen LogP contribution in [0.2, 0.25) is 0 Å². The van der Waals surface area contributed by atoms with Crippen molar-refractivity contribution < 1.29 is 0 Å². The van der Waals surface area contributed by atoms with Crippen molar-refractivity contribution in [2.24, 2.45) is 0 Å². The van der Waals surface area contributed by atoms with Crippen LogP contribution in [0, 0.1) is 0 Å². The third kappa shape index (κ3) is 4.26. The fourth-order valence-corrected chi connectivity index (χ4v) is 8.07. The van der Waals surface area contributed by atoms with Crippen molar-refractivity contribution in [2.75, 3.05) is 0 Å². The SMILES string of the molecule is C=Cc1c(/C=C\C)c2ccc3c4ccccc4n(-c4ccc(-c5ccccc5)cc4)c3c2n1-c1cnc2c3ccccc3c3ccccc3c2n1. The van der Waals surface area contributed by atoms with Crippen LogP contribution in [-0.4, -0.2) is 19.1 Å². The van der Waals surface area contributed by atoms with Gasteiger partial charge in [0.15, 0.2) is 5.82 Å². The molecule has 0 atom stereocenters. The Labute approximate surface area is 294 Å². The lowest BCUT2D eigenvalue weighted by Crippen LogP contribution is -2.04. The summed E-state index contributed by atoms with van der Waals surface area (Å²) >= 11 is 0. The maximum Gasteiger partial charge on any atom is 0.157 e. The van der Waals surface area contributed by atoms with E-state index in [0.29, 0.717) is 0 Å². The van der Waals surface area contributed by atoms with Crippen LogP contribution >= 0.6 is 0 Å². The summed E-state index contributed by atoms with van der Waals surface area (Å²) in [7, 11) is 0. The highest BCUT2D eigenvalue weighted by molar-refractivity contribution is 6.23. The third-order valence-corrected chi connectivity index (χ3v) is 10.2. The molecule has 51 heavy (non-hydrogen) atoms. The van der Waals surface area contributed by atoms with Crippen molar-refractivity contribution in [3.05, 3.63) is 170 Å². The molecule has 3 aromatic heterocycles. The Morgan fingerprint density at radius 2 is 1.12 bits per heavy atom. The van der Waals surface area contributed by atoms with Gasteiger partial charge in [0.05, 0.1) is 39.5 Å². The van der Waals surface area contributed by atoms with Crippen molar-refractivity contribution in [1.29, 1.82) is 0 Å². The summed E-state index contributed by atoms with van der Waals surface area (Å²) in [6.07, 6.45) is 8.16. The van der Waals surface area contributed by atoms with Gasteiger partial charge in [-0.25, -0.2) is 4.98 Å². The lowest BCUT2D eigenvalue weighted by Gasteiger charge is -2.14. The van der Waals surface area contributed by atoms with Crippen molar-refractivity contribution in [3.63, 3.8) is 0 Å². The van der Waals surface area contributed by atoms with Crippen molar-refractivity contribution >= 4 is 77.4 Å². The molecule has 0 aliphatic heterocycles. The Balaban J connectivity index is 1.34. The fraction of sp³-hybridized carbons (Fsp3) is 0.0213. The average Bonchev–Trinajstić information content (AvgIpc) is 3.71. The molecule has 240 valence electrons. The van der Waals surface area contributed by atoms with Crippen LogP contribution in [-0.2, 0) is 0 Å². The maximum absolute atomic E-state index is 5.48. The van der Waals surface area contributed by atoms with Gasteiger partial charge in [0.2, 0.25) is 0 Å². The first-order chi connectivity index (χ1) is 25.2. The standard InChI is InChI=1S/C47H32N4/c1-3-14-35-39-27-28-40-36-19-12-13-22-42(36)50(32-25-23-31(24-26-32)30-15-6-5-7-16-30)46(40)47(39)51(41(35)4-2)43-29-48-44-37-20-10-8-17-33(37)34-18-9-11-21-38(34)45(44)49-43/h3-29H,2H2,1H3/b14-3-. The van der Waals surface area contributed by atoms with Crippen LogP contribution in [0.15, 0.2) is 158 Å². The van der Waals surface area contributed by atoms with Crippen LogP contribution in [0.5, 0.6) is 0 Å². The molecule has 0 aliphatic carbocycles. The van der Waals surface area contributed by atoms with E-state index in [-0.39, 0.29) is 0 Å². The number of para-hydroxylation sites is 1. The van der Waals surface area contributed by atoms with Gasteiger partial charge in [-0.3, -0.25) is 9.55 Å². The van der Waals surface area contributed by atoms with Gasteiger partial charge in [-0.15, -0.1) is 0 Å². The van der Waals surface area contributed by atoms with Gasteiger partial charge >= 0.3 is 0 Å². The van der Waals surface area contributed by atoms with Crippen LogP contribution < -0.4 is 0 Å². The summed E-state index contributed by atoms with van der Waals surface area (Å²) in [5.41, 5.74) is 10.7. The minimum absolute atomic E-state index is 0.752. The minimum Gasteiger partial charge on any atom is -0.307 e. The fourth-order valence-electron chi connectivity index (χ4n) is 8.07. The quantitative estimate of drug-likeness (QED) is 0.173. The second-order valence-corrected chi connectivity index (χ2v) is 13.0. The number of hydrogen-bond acceptors (Lipinski definition) is 2. The maximum atomic E-state index is 5.48. The number of aromatic nitrogens is 4. The Morgan fingerprint density at radius 1 is 0.529 bits per heavy atom. The van der Waals surface area contributed by atoms with E-state index in [1.807, 2.05) is 12.3 Å². The first-order valence-electron chi connectivity index (χ1n) is 17.3.